The van der Waals surface area contributed by atoms with Gasteiger partial charge in [-0.25, -0.2) is 9.98 Å². The largest absolute Gasteiger partial charge is 0.497 e. The fraction of sp³-hybridized carbons (Fsp3) is 0.444. The van der Waals surface area contributed by atoms with Gasteiger partial charge in [-0.2, -0.15) is 8.78 Å². The van der Waals surface area contributed by atoms with Gasteiger partial charge < -0.3 is 20.1 Å². The molecule has 1 aromatic carbocycles. The lowest BCUT2D eigenvalue weighted by Crippen LogP contribution is -2.36. The van der Waals surface area contributed by atoms with Gasteiger partial charge >= 0.3 is 6.61 Å². The highest BCUT2D eigenvalue weighted by atomic mass is 127. The first-order valence-electron chi connectivity index (χ1n) is 8.49. The van der Waals surface area contributed by atoms with E-state index in [1.54, 1.807) is 23.5 Å². The van der Waals surface area contributed by atoms with Gasteiger partial charge in [0.1, 0.15) is 11.5 Å². The molecule has 0 bridgehead atoms. The highest BCUT2D eigenvalue weighted by molar-refractivity contribution is 14.0. The molecular weight excluding hydrogens is 501 g/mol. The Balaban J connectivity index is 0.00000392. The second-order valence-electron chi connectivity index (χ2n) is 5.64. The normalized spacial score (nSPS) is 11.2. The Labute approximate surface area is 184 Å². The molecule has 0 aliphatic carbocycles. The third kappa shape index (κ3) is 7.38. The van der Waals surface area contributed by atoms with Crippen LogP contribution in [0.1, 0.15) is 28.1 Å². The Hall–Kier alpha value is -1.69. The number of rotatable bonds is 8. The number of benzene rings is 1. The fourth-order valence-corrected chi connectivity index (χ4v) is 3.28. The molecule has 156 valence electrons. The van der Waals surface area contributed by atoms with Gasteiger partial charge in [-0.3, -0.25) is 0 Å². The van der Waals surface area contributed by atoms with Crippen molar-refractivity contribution in [3.8, 4) is 11.5 Å². The third-order valence-corrected chi connectivity index (χ3v) is 4.73. The summed E-state index contributed by atoms with van der Waals surface area (Å²) in [5, 5.41) is 7.39. The zero-order chi connectivity index (χ0) is 19.8. The number of nitrogens with zero attached hydrogens (tertiary/aromatic N) is 2. The molecule has 0 aliphatic rings. The van der Waals surface area contributed by atoms with E-state index in [1.165, 1.54) is 13.2 Å². The van der Waals surface area contributed by atoms with Crippen LogP contribution in [-0.4, -0.2) is 31.2 Å². The average Bonchev–Trinajstić information content (AvgIpc) is 2.95. The van der Waals surface area contributed by atoms with Gasteiger partial charge in [-0.15, -0.1) is 35.3 Å². The Bertz CT molecular complexity index is 787. The third-order valence-electron chi connectivity index (χ3n) is 3.66. The van der Waals surface area contributed by atoms with Gasteiger partial charge in [0.2, 0.25) is 0 Å². The second kappa shape index (κ2) is 12.0. The first kappa shape index (κ1) is 24.3. The number of methoxy groups -OCH3 is 1. The number of nitrogens with one attached hydrogen (secondary N) is 2. The van der Waals surface area contributed by atoms with Crippen molar-refractivity contribution < 1.29 is 18.3 Å². The Kier molecular flexibility index (Phi) is 10.4. The van der Waals surface area contributed by atoms with Crippen molar-refractivity contribution in [2.75, 3.05) is 13.7 Å². The summed E-state index contributed by atoms with van der Waals surface area (Å²) in [5.41, 5.74) is 1.53. The van der Waals surface area contributed by atoms with E-state index < -0.39 is 6.61 Å². The summed E-state index contributed by atoms with van der Waals surface area (Å²) in [5.74, 6) is 1.08. The quantitative estimate of drug-likeness (QED) is 0.306. The molecule has 2 rings (SSSR count). The van der Waals surface area contributed by atoms with Crippen LogP contribution in [0.5, 0.6) is 11.5 Å². The zero-order valence-electron chi connectivity index (χ0n) is 16.2. The molecule has 0 radical (unpaired) electrons. The molecule has 0 spiro atoms. The number of aliphatic imine (C=N–C) groups is 1. The highest BCUT2D eigenvalue weighted by Gasteiger charge is 2.12. The van der Waals surface area contributed by atoms with Crippen molar-refractivity contribution >= 4 is 41.3 Å². The summed E-state index contributed by atoms with van der Waals surface area (Å²) >= 11 is 1.63. The maximum absolute atomic E-state index is 12.7. The van der Waals surface area contributed by atoms with Gasteiger partial charge in [-0.1, -0.05) is 0 Å². The summed E-state index contributed by atoms with van der Waals surface area (Å²) in [6.45, 7) is 4.43. The van der Waals surface area contributed by atoms with Crippen molar-refractivity contribution in [3.05, 3.63) is 39.3 Å². The predicted molar refractivity (Wildman–Crippen MR) is 118 cm³/mol. The minimum absolute atomic E-state index is 0. The lowest BCUT2D eigenvalue weighted by atomic mass is 10.2. The first-order valence-corrected chi connectivity index (χ1v) is 9.31. The monoisotopic (exact) mass is 526 g/mol. The molecule has 0 saturated heterocycles. The van der Waals surface area contributed by atoms with Crippen LogP contribution in [0.2, 0.25) is 0 Å². The predicted octanol–water partition coefficient (Wildman–Crippen LogP) is 4.24. The van der Waals surface area contributed by atoms with E-state index in [1.807, 2.05) is 20.8 Å². The van der Waals surface area contributed by atoms with Crippen LogP contribution in [0, 0.1) is 13.8 Å². The van der Waals surface area contributed by atoms with Crippen molar-refractivity contribution in [1.82, 2.24) is 15.6 Å². The van der Waals surface area contributed by atoms with Crippen molar-refractivity contribution in [3.63, 3.8) is 0 Å². The van der Waals surface area contributed by atoms with E-state index in [4.69, 9.17) is 4.74 Å². The van der Waals surface area contributed by atoms with Gasteiger partial charge in [0.25, 0.3) is 0 Å². The molecule has 0 aliphatic heterocycles. The average molecular weight is 526 g/mol. The maximum Gasteiger partial charge on any atom is 0.387 e. The Morgan fingerprint density at radius 2 is 2.04 bits per heavy atom. The number of guanidine groups is 1. The highest BCUT2D eigenvalue weighted by Crippen LogP contribution is 2.27. The van der Waals surface area contributed by atoms with Gasteiger partial charge in [0.15, 0.2) is 5.96 Å². The van der Waals surface area contributed by atoms with E-state index in [9.17, 15) is 8.78 Å². The van der Waals surface area contributed by atoms with Crippen LogP contribution in [0.15, 0.2) is 23.2 Å². The summed E-state index contributed by atoms with van der Waals surface area (Å²) in [7, 11) is 1.47. The lowest BCUT2D eigenvalue weighted by Gasteiger charge is -2.13. The Morgan fingerprint density at radius 3 is 2.61 bits per heavy atom. The van der Waals surface area contributed by atoms with Crippen LogP contribution in [0.4, 0.5) is 8.78 Å². The number of thiazole rings is 1. The number of alkyl halides is 2. The van der Waals surface area contributed by atoms with Gasteiger partial charge in [0, 0.05) is 23.1 Å². The van der Waals surface area contributed by atoms with Gasteiger partial charge in [0.05, 0.1) is 30.9 Å². The van der Waals surface area contributed by atoms with Crippen LogP contribution in [0.3, 0.4) is 0 Å². The fourth-order valence-electron chi connectivity index (χ4n) is 2.41. The van der Waals surface area contributed by atoms with Crippen molar-refractivity contribution in [2.24, 2.45) is 4.99 Å². The smallest absolute Gasteiger partial charge is 0.387 e. The molecule has 0 unspecified atom stereocenters. The molecular formula is C18H25F2IN4O2S. The van der Waals surface area contributed by atoms with Crippen LogP contribution in [-0.2, 0) is 13.1 Å². The Morgan fingerprint density at radius 1 is 1.29 bits per heavy atom. The molecule has 2 aromatic rings. The molecule has 2 N–H and O–H groups in total. The SMILES string of the molecule is CCNC(=NCc1ccc(OC)cc1OC(F)F)NCc1sc(C)nc1C.I. The summed E-state index contributed by atoms with van der Waals surface area (Å²) in [6, 6.07) is 4.79. The van der Waals surface area contributed by atoms with E-state index >= 15 is 0 Å². The number of aryl methyl sites for hydroxylation is 2. The molecule has 0 fully saturated rings. The molecule has 28 heavy (non-hydrogen) atoms. The van der Waals surface area contributed by atoms with E-state index in [0.717, 1.165) is 15.6 Å². The molecule has 1 heterocycles. The van der Waals surface area contributed by atoms with E-state index in [2.05, 4.69) is 25.3 Å². The number of ether oxygens (including phenoxy) is 2. The van der Waals surface area contributed by atoms with E-state index in [0.29, 0.717) is 30.4 Å². The van der Waals surface area contributed by atoms with Crippen LogP contribution >= 0.6 is 35.3 Å². The van der Waals surface area contributed by atoms with Crippen LogP contribution in [0.25, 0.3) is 0 Å². The van der Waals surface area contributed by atoms with E-state index in [-0.39, 0.29) is 36.3 Å². The van der Waals surface area contributed by atoms with Crippen molar-refractivity contribution in [1.29, 1.82) is 0 Å². The molecule has 6 nitrogen and oxygen atoms in total. The van der Waals surface area contributed by atoms with Crippen LogP contribution < -0.4 is 20.1 Å². The number of halogens is 3. The number of hydrogen-bond donors (Lipinski definition) is 2. The zero-order valence-corrected chi connectivity index (χ0v) is 19.4. The minimum atomic E-state index is -2.91. The summed E-state index contributed by atoms with van der Waals surface area (Å²) in [6.07, 6.45) is 0. The maximum atomic E-state index is 12.7. The minimum Gasteiger partial charge on any atom is -0.497 e. The molecule has 1 aromatic heterocycles. The topological polar surface area (TPSA) is 67.8 Å². The van der Waals surface area contributed by atoms with Gasteiger partial charge in [-0.05, 0) is 32.9 Å². The molecule has 0 saturated carbocycles. The summed E-state index contributed by atoms with van der Waals surface area (Å²) in [4.78, 5) is 10.0. The first-order chi connectivity index (χ1) is 12.9. The number of aromatic nitrogens is 1. The lowest BCUT2D eigenvalue weighted by molar-refractivity contribution is -0.0505. The second-order valence-corrected chi connectivity index (χ2v) is 6.93. The summed E-state index contributed by atoms with van der Waals surface area (Å²) < 4.78 is 35.0. The standard InChI is InChI=1S/C18H24F2N4O2S.HI/c1-5-21-18(23-10-16-11(2)24-12(3)27-16)22-9-13-6-7-14(25-4)8-15(13)26-17(19)20;/h6-8,17H,5,9-10H2,1-4H3,(H2,21,22,23);1H. The van der Waals surface area contributed by atoms with Crippen molar-refractivity contribution in [2.45, 2.75) is 40.5 Å². The molecule has 0 amide bonds. The molecule has 10 heteroatoms. The number of hydrogen-bond acceptors (Lipinski definition) is 5. The molecule has 0 atom stereocenters.